The van der Waals surface area contributed by atoms with Crippen LogP contribution in [-0.4, -0.2) is 23.3 Å². The number of fused-ring (bicyclic) bond motifs is 3. The van der Waals surface area contributed by atoms with Crippen LogP contribution in [0, 0.1) is 6.92 Å². The molecule has 7 heteroatoms. The summed E-state index contributed by atoms with van der Waals surface area (Å²) in [4.78, 5) is 32.7. The lowest BCUT2D eigenvalue weighted by molar-refractivity contribution is -0.115. The first kappa shape index (κ1) is 16.7. The third-order valence-electron chi connectivity index (χ3n) is 4.96. The maximum Gasteiger partial charge on any atom is 0.271 e. The number of nitrogen functional groups attached to an aromatic ring is 1. The number of carbonyl (C=O) groups excluding carboxylic acids is 2. The molecular weight excluding hydrogens is 372 g/mol. The fourth-order valence-corrected chi connectivity index (χ4v) is 4.60. The molecule has 0 unspecified atom stereocenters. The highest BCUT2D eigenvalue weighted by molar-refractivity contribution is 7.21. The highest BCUT2D eigenvalue weighted by Crippen LogP contribution is 2.38. The van der Waals surface area contributed by atoms with Gasteiger partial charge in [-0.05, 0) is 30.7 Å². The Morgan fingerprint density at radius 1 is 1.21 bits per heavy atom. The molecule has 0 saturated heterocycles. The van der Waals surface area contributed by atoms with Gasteiger partial charge < -0.3 is 11.1 Å². The Balaban J connectivity index is 1.66. The molecule has 28 heavy (non-hydrogen) atoms. The number of rotatable bonds is 1. The van der Waals surface area contributed by atoms with Crippen molar-refractivity contribution in [1.82, 2.24) is 4.98 Å². The number of aromatic nitrogens is 1. The minimum absolute atomic E-state index is 0.0436. The first-order valence-corrected chi connectivity index (χ1v) is 9.63. The Morgan fingerprint density at radius 3 is 2.89 bits per heavy atom. The van der Waals surface area contributed by atoms with Gasteiger partial charge in [-0.2, -0.15) is 0 Å². The summed E-state index contributed by atoms with van der Waals surface area (Å²) in [7, 11) is 0. The maximum absolute atomic E-state index is 13.3. The Hall–Kier alpha value is -3.45. The summed E-state index contributed by atoms with van der Waals surface area (Å²) in [6.45, 7) is 1.96. The number of thiophene rings is 1. The highest BCUT2D eigenvalue weighted by atomic mass is 32.1. The maximum atomic E-state index is 13.3. The second kappa shape index (κ2) is 6.03. The zero-order chi connectivity index (χ0) is 19.4. The first-order chi connectivity index (χ1) is 13.5. The predicted octanol–water partition coefficient (Wildman–Crippen LogP) is 3.94. The Morgan fingerprint density at radius 2 is 2.04 bits per heavy atom. The predicted molar refractivity (Wildman–Crippen MR) is 113 cm³/mol. The molecule has 3 heterocycles. The van der Waals surface area contributed by atoms with Crippen LogP contribution in [0.4, 0.5) is 17.1 Å². The van der Waals surface area contributed by atoms with Crippen molar-refractivity contribution < 1.29 is 9.59 Å². The third kappa shape index (κ3) is 2.44. The second-order valence-corrected chi connectivity index (χ2v) is 7.79. The Bertz CT molecular complexity index is 1290. The van der Waals surface area contributed by atoms with Gasteiger partial charge in [-0.15, -0.1) is 11.3 Å². The number of hydrogen-bond donors (Lipinski definition) is 2. The first-order valence-electron chi connectivity index (χ1n) is 8.82. The number of nitrogens with two attached hydrogens (primary N) is 1. The van der Waals surface area contributed by atoms with Crippen molar-refractivity contribution in [3.8, 4) is 0 Å². The molecule has 0 spiro atoms. The molecule has 0 atom stereocenters. The van der Waals surface area contributed by atoms with Crippen molar-refractivity contribution in [1.29, 1.82) is 0 Å². The Kier molecular flexibility index (Phi) is 3.60. The van der Waals surface area contributed by atoms with Gasteiger partial charge in [-0.1, -0.05) is 30.3 Å². The number of anilines is 3. The molecule has 6 nitrogen and oxygen atoms in total. The highest BCUT2D eigenvalue weighted by Gasteiger charge is 2.30. The SMILES string of the molecule is Cc1cccc2cc3c(N)c(C(=O)N4CC(=O)Nc5ccccc54)sc3nc12. The van der Waals surface area contributed by atoms with Crippen molar-refractivity contribution in [3.63, 3.8) is 0 Å². The normalized spacial score (nSPS) is 13.6. The van der Waals surface area contributed by atoms with E-state index in [9.17, 15) is 9.59 Å². The summed E-state index contributed by atoms with van der Waals surface area (Å²) in [6.07, 6.45) is 0. The number of para-hydroxylation sites is 3. The van der Waals surface area contributed by atoms with Gasteiger partial charge in [0.1, 0.15) is 16.3 Å². The van der Waals surface area contributed by atoms with Gasteiger partial charge in [-0.3, -0.25) is 14.5 Å². The summed E-state index contributed by atoms with van der Waals surface area (Å²) in [5.74, 6) is -0.519. The van der Waals surface area contributed by atoms with E-state index in [1.165, 1.54) is 16.2 Å². The minimum atomic E-state index is -0.288. The molecule has 2 aromatic carbocycles. The molecule has 2 aromatic heterocycles. The number of aryl methyl sites for hydroxylation is 1. The molecule has 0 bridgehead atoms. The Labute approximate surface area is 164 Å². The molecule has 5 rings (SSSR count). The van der Waals surface area contributed by atoms with Crippen LogP contribution in [0.1, 0.15) is 15.2 Å². The minimum Gasteiger partial charge on any atom is -0.397 e. The zero-order valence-electron chi connectivity index (χ0n) is 15.0. The summed E-state index contributed by atoms with van der Waals surface area (Å²) in [5.41, 5.74) is 10.0. The van der Waals surface area contributed by atoms with Crippen LogP contribution < -0.4 is 16.0 Å². The van der Waals surface area contributed by atoms with Crippen molar-refractivity contribution in [2.75, 3.05) is 22.5 Å². The second-order valence-electron chi connectivity index (χ2n) is 6.79. The number of benzene rings is 2. The van der Waals surface area contributed by atoms with E-state index >= 15 is 0 Å². The fraction of sp³-hybridized carbons (Fsp3) is 0.0952. The van der Waals surface area contributed by atoms with Crippen LogP contribution in [0.3, 0.4) is 0 Å². The standard InChI is InChI=1S/C21H16N4O2S/c1-11-5-4-6-12-9-13-17(22)19(28-20(13)24-18(11)12)21(27)25-10-16(26)23-14-7-2-3-8-15(14)25/h2-9H,10,22H2,1H3,(H,23,26). The number of nitrogens with zero attached hydrogens (tertiary/aromatic N) is 2. The number of amides is 2. The van der Waals surface area contributed by atoms with Crippen LogP contribution in [0.2, 0.25) is 0 Å². The van der Waals surface area contributed by atoms with Crippen LogP contribution in [-0.2, 0) is 4.79 Å². The van der Waals surface area contributed by atoms with Crippen LogP contribution in [0.25, 0.3) is 21.1 Å². The quantitative estimate of drug-likeness (QED) is 0.517. The topological polar surface area (TPSA) is 88.3 Å². The van der Waals surface area contributed by atoms with Crippen molar-refractivity contribution in [2.24, 2.45) is 0 Å². The van der Waals surface area contributed by atoms with E-state index in [0.29, 0.717) is 21.9 Å². The van der Waals surface area contributed by atoms with Crippen LogP contribution in [0.15, 0.2) is 48.5 Å². The largest absolute Gasteiger partial charge is 0.397 e. The number of nitrogens with one attached hydrogen (secondary N) is 1. The van der Waals surface area contributed by atoms with Crippen molar-refractivity contribution in [3.05, 3.63) is 59.0 Å². The van der Waals surface area contributed by atoms with E-state index in [1.807, 2.05) is 49.4 Å². The monoisotopic (exact) mass is 388 g/mol. The van der Waals surface area contributed by atoms with Gasteiger partial charge in [0, 0.05) is 10.8 Å². The van der Waals surface area contributed by atoms with Crippen molar-refractivity contribution >= 4 is 61.3 Å². The number of carbonyl (C=O) groups is 2. The molecular formula is C21H16N4O2S. The number of pyridine rings is 1. The summed E-state index contributed by atoms with van der Waals surface area (Å²) < 4.78 is 0. The molecule has 2 amide bonds. The molecule has 0 saturated carbocycles. The third-order valence-corrected chi connectivity index (χ3v) is 6.06. The van der Waals surface area contributed by atoms with E-state index < -0.39 is 0 Å². The van der Waals surface area contributed by atoms with Crippen LogP contribution >= 0.6 is 11.3 Å². The van der Waals surface area contributed by atoms with E-state index in [-0.39, 0.29) is 18.4 Å². The fourth-order valence-electron chi connectivity index (χ4n) is 3.57. The van der Waals surface area contributed by atoms with Gasteiger partial charge in [0.25, 0.3) is 5.91 Å². The van der Waals surface area contributed by atoms with Gasteiger partial charge in [-0.25, -0.2) is 4.98 Å². The average Bonchev–Trinajstić information content (AvgIpc) is 3.01. The molecule has 0 radical (unpaired) electrons. The molecule has 1 aliphatic rings. The smallest absolute Gasteiger partial charge is 0.271 e. The summed E-state index contributed by atoms with van der Waals surface area (Å²) >= 11 is 1.27. The van der Waals surface area contributed by atoms with E-state index in [1.54, 1.807) is 6.07 Å². The van der Waals surface area contributed by atoms with Gasteiger partial charge in [0.15, 0.2) is 0 Å². The van der Waals surface area contributed by atoms with E-state index in [2.05, 4.69) is 5.32 Å². The average molecular weight is 388 g/mol. The molecule has 3 N–H and O–H groups in total. The number of hydrogen-bond acceptors (Lipinski definition) is 5. The molecule has 0 aliphatic carbocycles. The molecule has 1 aliphatic heterocycles. The van der Waals surface area contributed by atoms with Crippen molar-refractivity contribution in [2.45, 2.75) is 6.92 Å². The molecule has 4 aromatic rings. The summed E-state index contributed by atoms with van der Waals surface area (Å²) in [6, 6.07) is 15.2. The molecule has 0 fully saturated rings. The lowest BCUT2D eigenvalue weighted by atomic mass is 10.1. The molecule has 138 valence electrons. The van der Waals surface area contributed by atoms with Gasteiger partial charge in [0.2, 0.25) is 5.91 Å². The van der Waals surface area contributed by atoms with Gasteiger partial charge in [0.05, 0.1) is 22.6 Å². The lowest BCUT2D eigenvalue weighted by Gasteiger charge is -2.28. The van der Waals surface area contributed by atoms with Crippen LogP contribution in [0.5, 0.6) is 0 Å². The summed E-state index contributed by atoms with van der Waals surface area (Å²) in [5, 5.41) is 4.54. The lowest BCUT2D eigenvalue weighted by Crippen LogP contribution is -2.42. The van der Waals surface area contributed by atoms with E-state index in [4.69, 9.17) is 10.7 Å². The van der Waals surface area contributed by atoms with E-state index in [0.717, 1.165) is 26.7 Å². The zero-order valence-corrected chi connectivity index (χ0v) is 15.8. The van der Waals surface area contributed by atoms with Gasteiger partial charge >= 0.3 is 0 Å².